The van der Waals surface area contributed by atoms with Crippen LogP contribution in [0.15, 0.2) is 0 Å². The first-order chi connectivity index (χ1) is 6.87. The van der Waals surface area contributed by atoms with E-state index in [0.717, 1.165) is 6.42 Å². The fourth-order valence-corrected chi connectivity index (χ4v) is 4.06. The Hall–Kier alpha value is -0.130. The van der Waals surface area contributed by atoms with Gasteiger partial charge in [-0.2, -0.15) is 0 Å². The van der Waals surface area contributed by atoms with E-state index in [2.05, 4.69) is 18.7 Å². The molecular formula is C10H22N2O2S. The van der Waals surface area contributed by atoms with E-state index in [1.807, 2.05) is 7.05 Å². The van der Waals surface area contributed by atoms with Gasteiger partial charge >= 0.3 is 0 Å². The summed E-state index contributed by atoms with van der Waals surface area (Å²) < 4.78 is 22.7. The minimum atomic E-state index is -2.79. The first kappa shape index (κ1) is 12.9. The molecular weight excluding hydrogens is 212 g/mol. The summed E-state index contributed by atoms with van der Waals surface area (Å²) in [6.45, 7) is 4.83. The third kappa shape index (κ3) is 3.16. The Labute approximate surface area is 92.7 Å². The lowest BCUT2D eigenvalue weighted by Gasteiger charge is -2.34. The van der Waals surface area contributed by atoms with Crippen molar-refractivity contribution in [3.05, 3.63) is 0 Å². The van der Waals surface area contributed by atoms with Gasteiger partial charge < -0.3 is 5.73 Å². The zero-order chi connectivity index (χ0) is 11.6. The van der Waals surface area contributed by atoms with Crippen LogP contribution in [0.4, 0.5) is 0 Å². The zero-order valence-corrected chi connectivity index (χ0v) is 10.6. The van der Waals surface area contributed by atoms with Crippen LogP contribution in [0.5, 0.6) is 0 Å². The molecule has 0 aliphatic carbocycles. The summed E-state index contributed by atoms with van der Waals surface area (Å²) in [7, 11) is -0.801. The summed E-state index contributed by atoms with van der Waals surface area (Å²) in [5, 5.41) is 0. The van der Waals surface area contributed by atoms with Crippen molar-refractivity contribution in [1.29, 1.82) is 0 Å². The predicted molar refractivity (Wildman–Crippen MR) is 62.5 cm³/mol. The topological polar surface area (TPSA) is 63.4 Å². The zero-order valence-electron chi connectivity index (χ0n) is 9.81. The normalized spacial score (nSPS) is 27.5. The molecule has 5 heteroatoms. The van der Waals surface area contributed by atoms with Gasteiger partial charge in [-0.3, -0.25) is 4.90 Å². The maximum Gasteiger partial charge on any atom is 0.151 e. The van der Waals surface area contributed by atoms with E-state index in [1.165, 1.54) is 0 Å². The molecule has 0 spiro atoms. The number of likely N-dealkylation sites (N-methyl/N-ethyl adjacent to an activating group) is 1. The van der Waals surface area contributed by atoms with Gasteiger partial charge in [0, 0.05) is 18.6 Å². The first-order valence-corrected chi connectivity index (χ1v) is 7.32. The van der Waals surface area contributed by atoms with E-state index >= 15 is 0 Å². The van der Waals surface area contributed by atoms with Crippen LogP contribution in [0.2, 0.25) is 0 Å². The van der Waals surface area contributed by atoms with Gasteiger partial charge in [-0.1, -0.05) is 13.8 Å². The van der Waals surface area contributed by atoms with Gasteiger partial charge in [0.15, 0.2) is 9.84 Å². The average molecular weight is 234 g/mol. The van der Waals surface area contributed by atoms with E-state index in [0.29, 0.717) is 24.0 Å². The third-order valence-electron chi connectivity index (χ3n) is 3.32. The highest BCUT2D eigenvalue weighted by Gasteiger charge is 2.33. The number of nitrogens with two attached hydrogens (primary N) is 1. The van der Waals surface area contributed by atoms with Crippen LogP contribution in [-0.4, -0.2) is 50.5 Å². The molecule has 2 N–H and O–H groups in total. The summed E-state index contributed by atoms with van der Waals surface area (Å²) in [6.07, 6.45) is 0.752. The van der Waals surface area contributed by atoms with Gasteiger partial charge in [0.2, 0.25) is 0 Å². The van der Waals surface area contributed by atoms with Crippen molar-refractivity contribution in [1.82, 2.24) is 4.90 Å². The van der Waals surface area contributed by atoms with Crippen LogP contribution in [0.1, 0.15) is 20.3 Å². The van der Waals surface area contributed by atoms with Gasteiger partial charge in [-0.05, 0) is 19.4 Å². The molecule has 1 saturated heterocycles. The van der Waals surface area contributed by atoms with Gasteiger partial charge in [0.1, 0.15) is 0 Å². The molecule has 0 bridgehead atoms. The predicted octanol–water partition coefficient (Wildman–Crippen LogP) is 0.0886. The fraction of sp³-hybridized carbons (Fsp3) is 1.00. The number of sulfone groups is 1. The van der Waals surface area contributed by atoms with Crippen LogP contribution in [0.25, 0.3) is 0 Å². The molecule has 1 fully saturated rings. The molecule has 0 aromatic carbocycles. The van der Waals surface area contributed by atoms with Crippen LogP contribution >= 0.6 is 0 Å². The van der Waals surface area contributed by atoms with Gasteiger partial charge in [0.25, 0.3) is 0 Å². The number of nitrogens with zero attached hydrogens (tertiary/aromatic N) is 1. The molecule has 1 aliphatic rings. The molecule has 0 aromatic heterocycles. The quantitative estimate of drug-likeness (QED) is 0.749. The van der Waals surface area contributed by atoms with Crippen LogP contribution in [0, 0.1) is 5.92 Å². The summed E-state index contributed by atoms with van der Waals surface area (Å²) in [5.41, 5.74) is 5.72. The summed E-state index contributed by atoms with van der Waals surface area (Å²) in [5.74, 6) is 1.09. The second-order valence-electron chi connectivity index (χ2n) is 4.77. The van der Waals surface area contributed by atoms with Crippen molar-refractivity contribution >= 4 is 9.84 Å². The first-order valence-electron chi connectivity index (χ1n) is 5.50. The van der Waals surface area contributed by atoms with Crippen molar-refractivity contribution in [3.8, 4) is 0 Å². The molecule has 0 radical (unpaired) electrons. The lowest BCUT2D eigenvalue weighted by molar-refractivity contribution is 0.152. The Bertz CT molecular complexity index is 301. The van der Waals surface area contributed by atoms with Gasteiger partial charge in [-0.25, -0.2) is 8.42 Å². The second-order valence-corrected chi connectivity index (χ2v) is 7.00. The number of hydrogen-bond acceptors (Lipinski definition) is 4. The molecule has 0 amide bonds. The lowest BCUT2D eigenvalue weighted by atomic mass is 10.0. The Kier molecular flexibility index (Phi) is 4.14. The third-order valence-corrected chi connectivity index (χ3v) is 5.07. The van der Waals surface area contributed by atoms with Crippen molar-refractivity contribution in [2.45, 2.75) is 32.4 Å². The van der Waals surface area contributed by atoms with Gasteiger partial charge in [0.05, 0.1) is 11.5 Å². The minimum Gasteiger partial charge on any atom is -0.329 e. The molecule has 1 rings (SSSR count). The molecule has 2 unspecified atom stereocenters. The summed E-state index contributed by atoms with van der Waals surface area (Å²) >= 11 is 0. The molecule has 1 heterocycles. The molecule has 0 saturated carbocycles. The van der Waals surface area contributed by atoms with Crippen molar-refractivity contribution < 1.29 is 8.42 Å². The Morgan fingerprint density at radius 2 is 2.07 bits per heavy atom. The molecule has 1 aliphatic heterocycles. The van der Waals surface area contributed by atoms with E-state index in [-0.39, 0.29) is 12.1 Å². The maximum atomic E-state index is 11.4. The highest BCUT2D eigenvalue weighted by molar-refractivity contribution is 7.91. The Morgan fingerprint density at radius 3 is 2.40 bits per heavy atom. The molecule has 4 nitrogen and oxygen atoms in total. The van der Waals surface area contributed by atoms with Crippen molar-refractivity contribution in [2.24, 2.45) is 11.7 Å². The summed E-state index contributed by atoms with van der Waals surface area (Å²) in [6, 6.07) is 0.439. The Morgan fingerprint density at radius 1 is 1.47 bits per heavy atom. The number of hydrogen-bond donors (Lipinski definition) is 1. The number of rotatable bonds is 4. The lowest BCUT2D eigenvalue weighted by Crippen LogP contribution is -2.47. The van der Waals surface area contributed by atoms with E-state index in [4.69, 9.17) is 5.73 Å². The van der Waals surface area contributed by atoms with E-state index < -0.39 is 9.84 Å². The summed E-state index contributed by atoms with van der Waals surface area (Å²) in [4.78, 5) is 2.15. The second kappa shape index (κ2) is 4.80. The van der Waals surface area contributed by atoms with E-state index in [1.54, 1.807) is 0 Å². The van der Waals surface area contributed by atoms with Crippen molar-refractivity contribution in [2.75, 3.05) is 25.1 Å². The van der Waals surface area contributed by atoms with E-state index in [9.17, 15) is 8.42 Å². The monoisotopic (exact) mass is 234 g/mol. The average Bonchev–Trinajstić information content (AvgIpc) is 2.46. The SMILES string of the molecule is CC(C)C(CN)N(C)C1CCS(=O)(=O)C1. The molecule has 90 valence electrons. The highest BCUT2D eigenvalue weighted by atomic mass is 32.2. The molecule has 2 atom stereocenters. The van der Waals surface area contributed by atoms with Crippen LogP contribution in [-0.2, 0) is 9.84 Å². The van der Waals surface area contributed by atoms with Crippen LogP contribution < -0.4 is 5.73 Å². The maximum absolute atomic E-state index is 11.4. The largest absolute Gasteiger partial charge is 0.329 e. The molecule has 0 aromatic rings. The Balaban J connectivity index is 2.65. The minimum absolute atomic E-state index is 0.158. The standard InChI is InChI=1S/C10H22N2O2S/c1-8(2)10(6-11)12(3)9-4-5-15(13,14)7-9/h8-10H,4-7,11H2,1-3H3. The highest BCUT2D eigenvalue weighted by Crippen LogP contribution is 2.20. The fourth-order valence-electron chi connectivity index (χ4n) is 2.28. The molecule has 15 heavy (non-hydrogen) atoms. The smallest absolute Gasteiger partial charge is 0.151 e. The van der Waals surface area contributed by atoms with Crippen molar-refractivity contribution in [3.63, 3.8) is 0 Å². The van der Waals surface area contributed by atoms with Gasteiger partial charge in [-0.15, -0.1) is 0 Å². The van der Waals surface area contributed by atoms with Crippen LogP contribution in [0.3, 0.4) is 0 Å².